The molecule has 0 bridgehead atoms. The third-order valence-electron chi connectivity index (χ3n) is 10.3. The number of fused-ring (bicyclic) bond motifs is 1. The van der Waals surface area contributed by atoms with Crippen molar-refractivity contribution < 1.29 is 0 Å². The van der Waals surface area contributed by atoms with Gasteiger partial charge in [-0.1, -0.05) is 109 Å². The average molecular weight is 670 g/mol. The number of aromatic nitrogens is 1. The summed E-state index contributed by atoms with van der Waals surface area (Å²) in [7, 11) is 0. The van der Waals surface area contributed by atoms with E-state index >= 15 is 0 Å². The number of hydrogen-bond acceptors (Lipinski definition) is 6. The second-order valence-electron chi connectivity index (χ2n) is 13.6. The Kier molecular flexibility index (Phi) is 8.01. The molecule has 246 valence electrons. The molecule has 6 heteroatoms. The molecule has 0 radical (unpaired) electrons. The van der Waals surface area contributed by atoms with Crippen LogP contribution < -0.4 is 15.5 Å². The summed E-state index contributed by atoms with van der Waals surface area (Å²) in [5, 5.41) is 7.93. The molecule has 3 heterocycles. The Morgan fingerprint density at radius 2 is 1.82 bits per heavy atom. The maximum Gasteiger partial charge on any atom is 0.144 e. The summed E-state index contributed by atoms with van der Waals surface area (Å²) in [6.07, 6.45) is 31.6. The topological polar surface area (TPSA) is 52.6 Å². The Balaban J connectivity index is 1.23. The molecule has 50 heavy (non-hydrogen) atoms. The van der Waals surface area contributed by atoms with Crippen LogP contribution in [0.2, 0.25) is 0 Å². The Hall–Kier alpha value is -5.13. The zero-order chi connectivity index (χ0) is 33.5. The van der Waals surface area contributed by atoms with E-state index in [0.717, 1.165) is 66.3 Å². The molecule has 0 saturated carbocycles. The second-order valence-corrected chi connectivity index (χ2v) is 14.7. The van der Waals surface area contributed by atoms with Crippen molar-refractivity contribution in [1.82, 2.24) is 15.6 Å². The Morgan fingerprint density at radius 1 is 0.940 bits per heavy atom. The monoisotopic (exact) mass is 669 g/mol. The SMILES string of the molecule is CC1(c2cc(C3CC=CC=C3C3=CCCC=C3)cnc2N2C3=C(C=C=C3)Sc3ccccc32)NC(c2ccccc2)=NC(C2=CC=CCC2)N1. The number of aliphatic imine (C=N–C) groups is 1. The third kappa shape index (κ3) is 5.60. The smallest absolute Gasteiger partial charge is 0.144 e. The molecule has 0 spiro atoms. The van der Waals surface area contributed by atoms with E-state index in [0.29, 0.717) is 0 Å². The third-order valence-corrected chi connectivity index (χ3v) is 11.4. The molecule has 2 aliphatic heterocycles. The van der Waals surface area contributed by atoms with Crippen LogP contribution in [-0.2, 0) is 5.66 Å². The van der Waals surface area contributed by atoms with Gasteiger partial charge in [-0.25, -0.2) is 9.98 Å². The van der Waals surface area contributed by atoms with Crippen molar-refractivity contribution >= 4 is 29.1 Å². The highest BCUT2D eigenvalue weighted by Gasteiger charge is 2.41. The van der Waals surface area contributed by atoms with Crippen molar-refractivity contribution in [2.45, 2.75) is 61.7 Å². The molecule has 0 amide bonds. The minimum atomic E-state index is -0.730. The number of nitrogens with zero attached hydrogens (tertiary/aromatic N) is 3. The zero-order valence-corrected chi connectivity index (χ0v) is 29.0. The first-order valence-corrected chi connectivity index (χ1v) is 18.5. The minimum absolute atomic E-state index is 0.192. The molecule has 2 aromatic carbocycles. The van der Waals surface area contributed by atoms with Gasteiger partial charge in [-0.2, -0.15) is 0 Å². The normalized spacial score (nSPS) is 25.0. The summed E-state index contributed by atoms with van der Waals surface area (Å²) in [5.41, 5.74) is 12.2. The van der Waals surface area contributed by atoms with Gasteiger partial charge >= 0.3 is 0 Å². The fraction of sp³-hybridized carbons (Fsp3) is 0.205. The maximum absolute atomic E-state index is 5.46. The van der Waals surface area contributed by atoms with E-state index in [2.05, 4.69) is 162 Å². The number of para-hydroxylation sites is 1. The predicted molar refractivity (Wildman–Crippen MR) is 206 cm³/mol. The van der Waals surface area contributed by atoms with Crippen molar-refractivity contribution in [3.05, 3.63) is 183 Å². The van der Waals surface area contributed by atoms with Gasteiger partial charge in [0.2, 0.25) is 0 Å². The Bertz CT molecular complexity index is 2190. The predicted octanol–water partition coefficient (Wildman–Crippen LogP) is 9.92. The van der Waals surface area contributed by atoms with Gasteiger partial charge in [0.15, 0.2) is 0 Å². The largest absolute Gasteiger partial charge is 0.348 e. The highest BCUT2D eigenvalue weighted by atomic mass is 32.2. The molecule has 0 saturated heterocycles. The minimum Gasteiger partial charge on any atom is -0.348 e. The second kappa shape index (κ2) is 13.0. The first kappa shape index (κ1) is 30.9. The summed E-state index contributed by atoms with van der Waals surface area (Å²) in [5.74, 6) is 1.96. The molecular formula is C44H39N5S. The molecule has 3 aromatic rings. The molecule has 2 N–H and O–H groups in total. The van der Waals surface area contributed by atoms with Crippen molar-refractivity contribution in [3.63, 3.8) is 0 Å². The number of amidine groups is 1. The number of nitrogens with one attached hydrogen (secondary N) is 2. The van der Waals surface area contributed by atoms with E-state index in [9.17, 15) is 0 Å². The number of anilines is 2. The first-order chi connectivity index (χ1) is 24.6. The van der Waals surface area contributed by atoms with E-state index in [4.69, 9.17) is 9.98 Å². The van der Waals surface area contributed by atoms with Gasteiger partial charge in [-0.05, 0) is 85.6 Å². The van der Waals surface area contributed by atoms with Crippen molar-refractivity contribution in [2.24, 2.45) is 4.99 Å². The molecule has 9 rings (SSSR count). The number of rotatable bonds is 6. The van der Waals surface area contributed by atoms with Crippen molar-refractivity contribution in [2.75, 3.05) is 4.90 Å². The van der Waals surface area contributed by atoms with E-state index < -0.39 is 5.66 Å². The van der Waals surface area contributed by atoms with Crippen LogP contribution in [-0.4, -0.2) is 17.0 Å². The summed E-state index contributed by atoms with van der Waals surface area (Å²) in [6.45, 7) is 2.26. The first-order valence-electron chi connectivity index (χ1n) is 17.7. The molecule has 0 fully saturated rings. The summed E-state index contributed by atoms with van der Waals surface area (Å²) in [6, 6.07) is 21.5. The molecule has 4 aliphatic carbocycles. The summed E-state index contributed by atoms with van der Waals surface area (Å²) in [4.78, 5) is 15.5. The lowest BCUT2D eigenvalue weighted by atomic mass is 9.80. The standard InChI is InChI=1S/C44H39N5S/c1-44(47-41(31-18-7-3-8-19-31)46-42(48-44)32-20-9-4-10-21-32)36-28-33(35-23-12-11-22-34(35)30-16-5-2-6-17-30)29-45-43(36)49-37-24-13-14-26-39(37)50-40-27-15-25-38(40)49/h3-5,7-9,11-14,16-20,22,24-29,35,42,48H,2,6,10,21,23H2,1H3,(H,46,47). The van der Waals surface area contributed by atoms with E-state index in [1.807, 2.05) is 0 Å². The average Bonchev–Trinajstić information content (AvgIpc) is 3.66. The van der Waals surface area contributed by atoms with Crippen LogP contribution in [0.5, 0.6) is 0 Å². The van der Waals surface area contributed by atoms with Gasteiger partial charge in [-0.3, -0.25) is 10.2 Å². The molecule has 6 aliphatic rings. The van der Waals surface area contributed by atoms with Crippen LogP contribution in [0, 0.1) is 0 Å². The highest BCUT2D eigenvalue weighted by Crippen LogP contribution is 2.50. The molecule has 3 unspecified atom stereocenters. The fourth-order valence-electron chi connectivity index (χ4n) is 7.74. The van der Waals surface area contributed by atoms with Crippen LogP contribution in [0.25, 0.3) is 0 Å². The summed E-state index contributed by atoms with van der Waals surface area (Å²) >= 11 is 1.79. The number of hydrogen-bond donors (Lipinski definition) is 2. The van der Waals surface area contributed by atoms with Crippen LogP contribution >= 0.6 is 11.8 Å². The molecule has 1 aromatic heterocycles. The van der Waals surface area contributed by atoms with Gasteiger partial charge in [0, 0.05) is 39.1 Å². The lowest BCUT2D eigenvalue weighted by molar-refractivity contribution is 0.289. The van der Waals surface area contributed by atoms with Gasteiger partial charge in [-0.15, -0.1) is 5.73 Å². The van der Waals surface area contributed by atoms with Crippen molar-refractivity contribution in [1.29, 1.82) is 0 Å². The van der Waals surface area contributed by atoms with Gasteiger partial charge in [0.25, 0.3) is 0 Å². The molecular weight excluding hydrogens is 631 g/mol. The number of pyridine rings is 1. The number of allylic oxidation sites excluding steroid dienone is 13. The highest BCUT2D eigenvalue weighted by molar-refractivity contribution is 8.03. The Morgan fingerprint density at radius 3 is 2.68 bits per heavy atom. The Labute approximate surface area is 298 Å². The van der Waals surface area contributed by atoms with E-state index in [-0.39, 0.29) is 12.1 Å². The number of benzene rings is 2. The van der Waals surface area contributed by atoms with Gasteiger partial charge in [0.05, 0.1) is 11.4 Å². The molecule has 5 nitrogen and oxygen atoms in total. The molecule has 3 atom stereocenters. The number of thioether (sulfide) groups is 1. The lowest BCUT2D eigenvalue weighted by Gasteiger charge is -2.44. The van der Waals surface area contributed by atoms with Crippen LogP contribution in [0.1, 0.15) is 61.6 Å². The quantitative estimate of drug-likeness (QED) is 0.256. The van der Waals surface area contributed by atoms with Crippen LogP contribution in [0.3, 0.4) is 0 Å². The van der Waals surface area contributed by atoms with Crippen molar-refractivity contribution in [3.8, 4) is 0 Å². The summed E-state index contributed by atoms with van der Waals surface area (Å²) < 4.78 is 0. The lowest BCUT2D eigenvalue weighted by Crippen LogP contribution is -2.61. The fourth-order valence-corrected chi connectivity index (χ4v) is 8.76. The van der Waals surface area contributed by atoms with Crippen LogP contribution in [0.4, 0.5) is 11.5 Å². The maximum atomic E-state index is 5.46. The van der Waals surface area contributed by atoms with Gasteiger partial charge < -0.3 is 5.32 Å². The van der Waals surface area contributed by atoms with Gasteiger partial charge in [0.1, 0.15) is 23.5 Å². The van der Waals surface area contributed by atoms with E-state index in [1.165, 1.54) is 32.1 Å². The van der Waals surface area contributed by atoms with E-state index in [1.54, 1.807) is 11.8 Å². The zero-order valence-electron chi connectivity index (χ0n) is 28.1. The van der Waals surface area contributed by atoms with Crippen LogP contribution in [0.15, 0.2) is 177 Å².